The highest BCUT2D eigenvalue weighted by molar-refractivity contribution is 6.00. The number of fused-ring (bicyclic) bond motifs is 1. The van der Waals surface area contributed by atoms with Crippen LogP contribution < -0.4 is 9.64 Å². The molecule has 1 saturated heterocycles. The van der Waals surface area contributed by atoms with Gasteiger partial charge in [-0.1, -0.05) is 12.1 Å². The minimum Gasteiger partial charge on any atom is -0.406 e. The average molecular weight is 433 g/mol. The highest BCUT2D eigenvalue weighted by Crippen LogP contribution is 2.33. The van der Waals surface area contributed by atoms with Gasteiger partial charge in [0.05, 0.1) is 0 Å². The second-order valence-electron chi connectivity index (χ2n) is 8.50. The molecule has 0 bridgehead atoms. The Morgan fingerprint density at radius 2 is 1.87 bits per heavy atom. The van der Waals surface area contributed by atoms with Crippen LogP contribution in [0.3, 0.4) is 0 Å². The van der Waals surface area contributed by atoms with Gasteiger partial charge in [0.2, 0.25) is 0 Å². The number of nitrogens with zero attached hydrogens (tertiary/aromatic N) is 3. The second-order valence-corrected chi connectivity index (χ2v) is 8.50. The molecule has 5 nitrogen and oxygen atoms in total. The molecule has 0 spiro atoms. The lowest BCUT2D eigenvalue weighted by Crippen LogP contribution is -2.31. The molecule has 0 aromatic heterocycles. The number of ether oxygens (including phenoxy) is 1. The number of halogens is 3. The Morgan fingerprint density at radius 3 is 2.48 bits per heavy atom. The van der Waals surface area contributed by atoms with Crippen molar-refractivity contribution < 1.29 is 22.7 Å². The monoisotopic (exact) mass is 433 g/mol. The largest absolute Gasteiger partial charge is 0.573 e. The van der Waals surface area contributed by atoms with Crippen molar-refractivity contribution >= 4 is 11.6 Å². The van der Waals surface area contributed by atoms with Gasteiger partial charge in [0, 0.05) is 43.5 Å². The van der Waals surface area contributed by atoms with Gasteiger partial charge in [-0.05, 0) is 68.4 Å². The van der Waals surface area contributed by atoms with Crippen LogP contribution in [0.25, 0.3) is 0 Å². The smallest absolute Gasteiger partial charge is 0.406 e. The van der Waals surface area contributed by atoms with Gasteiger partial charge in [0.25, 0.3) is 5.91 Å². The molecule has 31 heavy (non-hydrogen) atoms. The summed E-state index contributed by atoms with van der Waals surface area (Å²) in [5, 5.41) is 0. The number of aryl methyl sites for hydroxylation is 1. The number of benzene rings is 2. The van der Waals surface area contributed by atoms with Crippen LogP contribution in [-0.4, -0.2) is 55.3 Å². The summed E-state index contributed by atoms with van der Waals surface area (Å²) in [6.45, 7) is 4.75. The maximum atomic E-state index is 13.0. The highest BCUT2D eigenvalue weighted by atomic mass is 19.4. The quantitative estimate of drug-likeness (QED) is 0.709. The van der Waals surface area contributed by atoms with Crippen molar-refractivity contribution in [2.75, 3.05) is 32.1 Å². The molecule has 1 fully saturated rings. The third-order valence-electron chi connectivity index (χ3n) is 6.05. The number of rotatable bonds is 5. The van der Waals surface area contributed by atoms with Crippen molar-refractivity contribution in [1.82, 2.24) is 9.80 Å². The summed E-state index contributed by atoms with van der Waals surface area (Å²) in [6, 6.07) is 10.4. The number of carbonyl (C=O) groups is 1. The predicted octanol–water partition coefficient (Wildman–Crippen LogP) is 4.19. The molecule has 0 saturated carbocycles. The van der Waals surface area contributed by atoms with E-state index in [0.717, 1.165) is 47.5 Å². The molecule has 166 valence electrons. The number of anilines is 1. The Labute approximate surface area is 180 Å². The molecule has 8 heteroatoms. The summed E-state index contributed by atoms with van der Waals surface area (Å²) < 4.78 is 40.9. The van der Waals surface area contributed by atoms with E-state index < -0.39 is 6.36 Å². The first-order valence-corrected chi connectivity index (χ1v) is 10.3. The topological polar surface area (TPSA) is 36.0 Å². The van der Waals surface area contributed by atoms with Crippen LogP contribution >= 0.6 is 0 Å². The molecule has 2 heterocycles. The Kier molecular flexibility index (Phi) is 5.60. The van der Waals surface area contributed by atoms with Crippen LogP contribution in [-0.2, 0) is 13.1 Å². The number of carbonyl (C=O) groups excluding carboxylic acids is 1. The molecule has 1 amide bonds. The lowest BCUT2D eigenvalue weighted by molar-refractivity contribution is -0.274. The van der Waals surface area contributed by atoms with E-state index in [-0.39, 0.29) is 11.7 Å². The fraction of sp³-hybridized carbons (Fsp3) is 0.435. The Bertz CT molecular complexity index is 973. The van der Waals surface area contributed by atoms with Crippen LogP contribution in [0.5, 0.6) is 5.75 Å². The van der Waals surface area contributed by atoms with Gasteiger partial charge in [0.1, 0.15) is 5.75 Å². The molecule has 0 aliphatic carbocycles. The number of likely N-dealkylation sites (N-methyl/N-ethyl adjacent to an activating group) is 1. The lowest BCUT2D eigenvalue weighted by atomic mass is 10.0. The van der Waals surface area contributed by atoms with Crippen LogP contribution in [0.1, 0.15) is 33.5 Å². The first-order valence-electron chi connectivity index (χ1n) is 10.3. The fourth-order valence-corrected chi connectivity index (χ4v) is 4.43. The van der Waals surface area contributed by atoms with Crippen LogP contribution in [0, 0.1) is 6.92 Å². The average Bonchev–Trinajstić information content (AvgIpc) is 3.28. The number of amides is 1. The van der Waals surface area contributed by atoms with Crippen molar-refractivity contribution in [3.8, 4) is 5.75 Å². The summed E-state index contributed by atoms with van der Waals surface area (Å²) >= 11 is 0. The van der Waals surface area contributed by atoms with Crippen molar-refractivity contribution in [2.45, 2.75) is 38.8 Å². The van der Waals surface area contributed by atoms with E-state index in [1.54, 1.807) is 17.0 Å². The van der Waals surface area contributed by atoms with Crippen LogP contribution in [0.15, 0.2) is 36.4 Å². The second kappa shape index (κ2) is 8.07. The summed E-state index contributed by atoms with van der Waals surface area (Å²) in [4.78, 5) is 19.3. The molecular formula is C23H26F3N3O2. The molecule has 2 aromatic carbocycles. The first kappa shape index (κ1) is 21.5. The third kappa shape index (κ3) is 4.63. The number of alkyl halides is 3. The molecular weight excluding hydrogens is 407 g/mol. The van der Waals surface area contributed by atoms with E-state index in [1.165, 1.54) is 12.1 Å². The Morgan fingerprint density at radius 1 is 1.16 bits per heavy atom. The highest BCUT2D eigenvalue weighted by Gasteiger charge is 2.32. The van der Waals surface area contributed by atoms with Crippen molar-refractivity contribution in [3.05, 3.63) is 58.7 Å². The van der Waals surface area contributed by atoms with E-state index in [4.69, 9.17) is 0 Å². The molecule has 2 aliphatic rings. The zero-order valence-corrected chi connectivity index (χ0v) is 17.9. The van der Waals surface area contributed by atoms with Crippen molar-refractivity contribution in [2.24, 2.45) is 0 Å². The van der Waals surface area contributed by atoms with Crippen LogP contribution in [0.4, 0.5) is 18.9 Å². The minimum absolute atomic E-state index is 0.0396. The summed E-state index contributed by atoms with van der Waals surface area (Å²) in [6.07, 6.45) is -3.60. The molecule has 4 rings (SSSR count). The van der Waals surface area contributed by atoms with Crippen molar-refractivity contribution in [1.29, 1.82) is 0 Å². The van der Waals surface area contributed by atoms with Gasteiger partial charge in [-0.3, -0.25) is 4.79 Å². The zero-order valence-electron chi connectivity index (χ0n) is 17.9. The summed E-state index contributed by atoms with van der Waals surface area (Å²) in [5.74, 6) is -0.309. The molecule has 1 atom stereocenters. The molecule has 0 N–H and O–H groups in total. The fourth-order valence-electron chi connectivity index (χ4n) is 4.43. The maximum Gasteiger partial charge on any atom is 0.573 e. The normalized spacial score (nSPS) is 18.8. The standard InChI is InChI=1S/C23H26F3N3O2/c1-15-10-19(28-9-8-18(14-28)27(2)3)11-17-13-29(22(30)21(15)17)12-16-4-6-20(7-5-16)31-23(24,25)26/h4-7,10-11,18H,8-9,12-14H2,1-3H3/t18-/m0/s1. The Balaban J connectivity index is 1.47. The third-order valence-corrected chi connectivity index (χ3v) is 6.05. The maximum absolute atomic E-state index is 13.0. The van der Waals surface area contributed by atoms with Crippen molar-refractivity contribution in [3.63, 3.8) is 0 Å². The molecule has 2 aliphatic heterocycles. The molecule has 0 unspecified atom stereocenters. The van der Waals surface area contributed by atoms with Gasteiger partial charge in [-0.25, -0.2) is 0 Å². The summed E-state index contributed by atoms with van der Waals surface area (Å²) in [7, 11) is 4.20. The zero-order chi connectivity index (χ0) is 22.3. The molecule has 0 radical (unpaired) electrons. The van der Waals surface area contributed by atoms with Gasteiger partial charge in [-0.2, -0.15) is 0 Å². The van der Waals surface area contributed by atoms with Gasteiger partial charge in [-0.15, -0.1) is 13.2 Å². The van der Waals surface area contributed by atoms with E-state index in [0.29, 0.717) is 19.1 Å². The molecule has 2 aromatic rings. The predicted molar refractivity (Wildman–Crippen MR) is 112 cm³/mol. The van der Waals surface area contributed by atoms with E-state index in [2.05, 4.69) is 40.8 Å². The summed E-state index contributed by atoms with van der Waals surface area (Å²) in [5.41, 5.74) is 4.60. The number of hydrogen-bond acceptors (Lipinski definition) is 4. The van der Waals surface area contributed by atoms with E-state index >= 15 is 0 Å². The SMILES string of the molecule is Cc1cc(N2CC[C@H](N(C)C)C2)cc2c1C(=O)N(Cc1ccc(OC(F)(F)F)cc1)C2. The van der Waals surface area contributed by atoms with Gasteiger partial charge in [0.15, 0.2) is 0 Å². The Hall–Kier alpha value is -2.74. The van der Waals surface area contributed by atoms with Gasteiger partial charge < -0.3 is 19.4 Å². The number of hydrogen-bond donors (Lipinski definition) is 0. The van der Waals surface area contributed by atoms with E-state index in [1.807, 2.05) is 6.92 Å². The van der Waals surface area contributed by atoms with E-state index in [9.17, 15) is 18.0 Å². The lowest BCUT2D eigenvalue weighted by Gasteiger charge is -2.22. The first-order chi connectivity index (χ1) is 14.6. The minimum atomic E-state index is -4.72. The van der Waals surface area contributed by atoms with Gasteiger partial charge >= 0.3 is 6.36 Å². The van der Waals surface area contributed by atoms with Crippen LogP contribution in [0.2, 0.25) is 0 Å².